The molecule has 2 aromatic heterocycles. The Kier molecular flexibility index (Phi) is 9.01. The van der Waals surface area contributed by atoms with Crippen molar-refractivity contribution in [2.45, 2.75) is 59.5 Å². The van der Waals surface area contributed by atoms with Crippen LogP contribution in [0.1, 0.15) is 43.7 Å². The molecule has 0 saturated heterocycles. The number of halogens is 3. The maximum absolute atomic E-state index is 15.2. The number of aliphatic hydroxyl groups excluding tert-OH is 1. The summed E-state index contributed by atoms with van der Waals surface area (Å²) >= 11 is 0. The highest BCUT2D eigenvalue weighted by Crippen LogP contribution is 2.36. The summed E-state index contributed by atoms with van der Waals surface area (Å²) in [7, 11) is 0. The molecule has 0 fully saturated rings. The molecule has 4 rings (SSSR count). The summed E-state index contributed by atoms with van der Waals surface area (Å²) in [5.74, 6) is -2.00. The van der Waals surface area contributed by atoms with Crippen LogP contribution in [0.3, 0.4) is 0 Å². The van der Waals surface area contributed by atoms with Crippen LogP contribution in [0.15, 0.2) is 39.0 Å². The van der Waals surface area contributed by atoms with Crippen molar-refractivity contribution in [3.63, 3.8) is 0 Å². The third-order valence-electron chi connectivity index (χ3n) is 6.68. The molecule has 1 aliphatic rings. The summed E-state index contributed by atoms with van der Waals surface area (Å²) in [5.41, 5.74) is 9.89. The van der Waals surface area contributed by atoms with Crippen molar-refractivity contribution in [1.82, 2.24) is 15.1 Å². The number of aliphatic imine (C=N–C) groups is 1. The van der Waals surface area contributed by atoms with Crippen molar-refractivity contribution < 1.29 is 27.5 Å². The summed E-state index contributed by atoms with van der Waals surface area (Å²) in [5, 5.41) is 14.1. The van der Waals surface area contributed by atoms with E-state index in [1.807, 2.05) is 18.7 Å². The van der Waals surface area contributed by atoms with Gasteiger partial charge in [0.05, 0.1) is 35.2 Å². The fourth-order valence-electron chi connectivity index (χ4n) is 4.63. The Balaban J connectivity index is 1.75. The SMILES string of the molecule is CCC[C@@H](O)COc1ccc(F)c(-c2nc(-c3c(C)noc3C)c(C)c(N3CC(N)=C(C=NCC(C)(F)F)C3)n2)c1. The van der Waals surface area contributed by atoms with Crippen LogP contribution in [-0.2, 0) is 0 Å². The van der Waals surface area contributed by atoms with Crippen molar-refractivity contribution in [3.05, 3.63) is 52.3 Å². The maximum Gasteiger partial charge on any atom is 0.264 e. The number of hydrogen-bond acceptors (Lipinski definition) is 9. The van der Waals surface area contributed by atoms with Gasteiger partial charge < -0.3 is 25.0 Å². The number of aliphatic hydroxyl groups is 1. The molecule has 1 atom stereocenters. The molecule has 0 saturated carbocycles. The second kappa shape index (κ2) is 12.3. The number of nitrogens with zero attached hydrogens (tertiary/aromatic N) is 5. The summed E-state index contributed by atoms with van der Waals surface area (Å²) in [4.78, 5) is 15.2. The number of ether oxygens (including phenoxy) is 1. The molecule has 0 aliphatic carbocycles. The molecule has 0 bridgehead atoms. The van der Waals surface area contributed by atoms with Crippen molar-refractivity contribution in [2.24, 2.45) is 10.7 Å². The zero-order valence-corrected chi connectivity index (χ0v) is 23.8. The Morgan fingerprint density at radius 3 is 2.66 bits per heavy atom. The van der Waals surface area contributed by atoms with E-state index in [9.17, 15) is 13.9 Å². The lowest BCUT2D eigenvalue weighted by molar-refractivity contribution is 0.0328. The highest BCUT2D eigenvalue weighted by Gasteiger charge is 2.28. The Morgan fingerprint density at radius 2 is 2.00 bits per heavy atom. The largest absolute Gasteiger partial charge is 0.491 e. The minimum absolute atomic E-state index is 0.0657. The molecular formula is C29H35F3N6O3. The molecule has 1 aliphatic heterocycles. The Bertz CT molecular complexity index is 1450. The second-order valence-electron chi connectivity index (χ2n) is 10.4. The van der Waals surface area contributed by atoms with Crippen molar-refractivity contribution in [3.8, 4) is 28.4 Å². The minimum Gasteiger partial charge on any atom is -0.491 e. The first-order valence-electron chi connectivity index (χ1n) is 13.4. The van der Waals surface area contributed by atoms with Gasteiger partial charge in [0.1, 0.15) is 36.3 Å². The van der Waals surface area contributed by atoms with Crippen LogP contribution in [0.4, 0.5) is 19.0 Å². The first-order chi connectivity index (χ1) is 19.4. The predicted octanol–water partition coefficient (Wildman–Crippen LogP) is 5.16. The van der Waals surface area contributed by atoms with Gasteiger partial charge in [0.15, 0.2) is 5.82 Å². The van der Waals surface area contributed by atoms with E-state index in [2.05, 4.69) is 10.1 Å². The van der Waals surface area contributed by atoms with Crippen LogP contribution in [-0.4, -0.2) is 64.7 Å². The van der Waals surface area contributed by atoms with E-state index in [1.165, 1.54) is 24.4 Å². The summed E-state index contributed by atoms with van der Waals surface area (Å²) in [6, 6.07) is 4.25. The van der Waals surface area contributed by atoms with Crippen LogP contribution < -0.4 is 15.4 Å². The zero-order valence-electron chi connectivity index (χ0n) is 23.8. The van der Waals surface area contributed by atoms with Gasteiger partial charge in [0.25, 0.3) is 5.92 Å². The quantitative estimate of drug-likeness (QED) is 0.302. The van der Waals surface area contributed by atoms with E-state index < -0.39 is 24.4 Å². The third kappa shape index (κ3) is 7.05. The molecule has 0 radical (unpaired) electrons. The van der Waals surface area contributed by atoms with Gasteiger partial charge in [-0.3, -0.25) is 4.99 Å². The van der Waals surface area contributed by atoms with E-state index in [0.29, 0.717) is 57.5 Å². The number of hydrogen-bond donors (Lipinski definition) is 2. The van der Waals surface area contributed by atoms with Gasteiger partial charge in [0, 0.05) is 36.5 Å². The summed E-state index contributed by atoms with van der Waals surface area (Å²) < 4.78 is 52.9. The van der Waals surface area contributed by atoms with Crippen LogP contribution in [0.25, 0.3) is 22.6 Å². The second-order valence-corrected chi connectivity index (χ2v) is 10.4. The molecule has 0 unspecified atom stereocenters. The number of alkyl halides is 2. The predicted molar refractivity (Wildman–Crippen MR) is 151 cm³/mol. The van der Waals surface area contributed by atoms with Crippen molar-refractivity contribution in [1.29, 1.82) is 0 Å². The summed E-state index contributed by atoms with van der Waals surface area (Å²) in [6.07, 6.45) is 2.11. The highest BCUT2D eigenvalue weighted by molar-refractivity contribution is 5.84. The van der Waals surface area contributed by atoms with Crippen LogP contribution in [0, 0.1) is 26.6 Å². The molecule has 1 aromatic carbocycles. The van der Waals surface area contributed by atoms with E-state index in [-0.39, 0.29) is 31.1 Å². The fraction of sp³-hybridized carbons (Fsp3) is 0.448. The third-order valence-corrected chi connectivity index (χ3v) is 6.68. The molecule has 0 amide bonds. The molecule has 0 spiro atoms. The van der Waals surface area contributed by atoms with Crippen LogP contribution in [0.2, 0.25) is 0 Å². The van der Waals surface area contributed by atoms with Crippen LogP contribution in [0.5, 0.6) is 5.75 Å². The normalized spacial score (nSPS) is 14.9. The molecule has 41 heavy (non-hydrogen) atoms. The molecule has 9 nitrogen and oxygen atoms in total. The van der Waals surface area contributed by atoms with E-state index in [4.69, 9.17) is 25.0 Å². The lowest BCUT2D eigenvalue weighted by Gasteiger charge is -2.22. The van der Waals surface area contributed by atoms with Gasteiger partial charge in [-0.2, -0.15) is 0 Å². The lowest BCUT2D eigenvalue weighted by Crippen LogP contribution is -2.25. The molecule has 3 N–H and O–H groups in total. The Hall–Kier alpha value is -3.93. The average molecular weight is 573 g/mol. The van der Waals surface area contributed by atoms with Gasteiger partial charge in [-0.15, -0.1) is 0 Å². The molecular weight excluding hydrogens is 537 g/mol. The molecule has 12 heteroatoms. The number of anilines is 1. The van der Waals surface area contributed by atoms with Gasteiger partial charge in [0.2, 0.25) is 0 Å². The number of benzene rings is 1. The number of aryl methyl sites for hydroxylation is 2. The Morgan fingerprint density at radius 1 is 1.24 bits per heavy atom. The number of nitrogens with two attached hydrogens (primary N) is 1. The number of rotatable bonds is 11. The van der Waals surface area contributed by atoms with Gasteiger partial charge >= 0.3 is 0 Å². The monoisotopic (exact) mass is 572 g/mol. The van der Waals surface area contributed by atoms with E-state index in [1.54, 1.807) is 13.8 Å². The maximum atomic E-state index is 15.2. The van der Waals surface area contributed by atoms with Crippen molar-refractivity contribution in [2.75, 3.05) is 31.1 Å². The number of aromatic nitrogens is 3. The van der Waals surface area contributed by atoms with Crippen molar-refractivity contribution >= 4 is 12.0 Å². The fourth-order valence-corrected chi connectivity index (χ4v) is 4.63. The van der Waals surface area contributed by atoms with Gasteiger partial charge in [-0.25, -0.2) is 23.1 Å². The summed E-state index contributed by atoms with van der Waals surface area (Å²) in [6.45, 7) is 8.11. The van der Waals surface area contributed by atoms with Crippen LogP contribution >= 0.6 is 0 Å². The zero-order chi connectivity index (χ0) is 29.9. The first kappa shape index (κ1) is 30.0. The van der Waals surface area contributed by atoms with E-state index >= 15 is 4.39 Å². The van der Waals surface area contributed by atoms with E-state index in [0.717, 1.165) is 13.3 Å². The molecule has 3 heterocycles. The molecule has 220 valence electrons. The minimum atomic E-state index is -2.93. The van der Waals surface area contributed by atoms with Gasteiger partial charge in [-0.05, 0) is 45.4 Å². The smallest absolute Gasteiger partial charge is 0.264 e. The Labute approximate surface area is 236 Å². The highest BCUT2D eigenvalue weighted by atomic mass is 19.3. The lowest BCUT2D eigenvalue weighted by atomic mass is 10.0. The topological polar surface area (TPSA) is 123 Å². The standard InChI is InChI=1S/C29H35F3N6O3/c1-6-7-20(39)14-40-21-8-9-23(30)22(10-21)27-35-26(25-17(3)37-41-18(25)4)16(2)28(36-27)38-12-19(24(33)13-38)11-34-15-29(5,31)32/h8-11,20,39H,6-7,12-15,33H2,1-5H3/t20-/m1/s1. The average Bonchev–Trinajstić information content (AvgIpc) is 3.44. The first-order valence-corrected chi connectivity index (χ1v) is 13.4. The van der Waals surface area contributed by atoms with Gasteiger partial charge in [-0.1, -0.05) is 18.5 Å². The molecule has 3 aromatic rings.